The summed E-state index contributed by atoms with van der Waals surface area (Å²) in [6.07, 6.45) is 0.748. The molecule has 0 aliphatic carbocycles. The molecule has 0 radical (unpaired) electrons. The zero-order chi connectivity index (χ0) is 16.1. The fraction of sp³-hybridized carbons (Fsp3) is 0.588. The van der Waals surface area contributed by atoms with E-state index in [1.807, 2.05) is 17.0 Å². The zero-order valence-electron chi connectivity index (χ0n) is 13.8. The largest absolute Gasteiger partial charge is 0.497 e. The third-order valence-corrected chi connectivity index (χ3v) is 4.07. The predicted molar refractivity (Wildman–Crippen MR) is 89.2 cm³/mol. The third kappa shape index (κ3) is 4.13. The molecule has 1 aliphatic heterocycles. The first-order chi connectivity index (χ1) is 10.5. The molecule has 1 amide bonds. The summed E-state index contributed by atoms with van der Waals surface area (Å²) in [6, 6.07) is 7.67. The number of hydrogen-bond acceptors (Lipinski definition) is 4. The van der Waals surface area contributed by atoms with Gasteiger partial charge in [-0.2, -0.15) is 0 Å². The molecule has 2 N–H and O–H groups in total. The van der Waals surface area contributed by atoms with Crippen LogP contribution in [0.15, 0.2) is 24.3 Å². The van der Waals surface area contributed by atoms with Crippen molar-refractivity contribution in [3.63, 3.8) is 0 Å². The topological polar surface area (TPSA) is 58.8 Å². The molecule has 0 aromatic heterocycles. The van der Waals surface area contributed by atoms with E-state index < -0.39 is 0 Å². The van der Waals surface area contributed by atoms with Crippen molar-refractivity contribution < 1.29 is 9.53 Å². The van der Waals surface area contributed by atoms with Gasteiger partial charge in [0.15, 0.2) is 0 Å². The summed E-state index contributed by atoms with van der Waals surface area (Å²) >= 11 is 0. The first kappa shape index (κ1) is 16.6. The van der Waals surface area contributed by atoms with Crippen LogP contribution in [0.3, 0.4) is 0 Å². The molecule has 1 fully saturated rings. The lowest BCUT2D eigenvalue weighted by molar-refractivity contribution is -0.133. The van der Waals surface area contributed by atoms with Gasteiger partial charge in [-0.3, -0.25) is 4.79 Å². The second-order valence-corrected chi connectivity index (χ2v) is 6.25. The molecular weight excluding hydrogens is 278 g/mol. The van der Waals surface area contributed by atoms with Crippen LogP contribution in [0.25, 0.3) is 0 Å². The summed E-state index contributed by atoms with van der Waals surface area (Å²) in [4.78, 5) is 16.5. The molecule has 5 nitrogen and oxygen atoms in total. The highest BCUT2D eigenvalue weighted by atomic mass is 16.5. The minimum atomic E-state index is -0.368. The summed E-state index contributed by atoms with van der Waals surface area (Å²) in [5, 5.41) is 0. The van der Waals surface area contributed by atoms with Crippen LogP contribution >= 0.6 is 0 Å². The number of hydrogen-bond donors (Lipinski definition) is 1. The number of carbonyl (C=O) groups is 1. The van der Waals surface area contributed by atoms with Gasteiger partial charge < -0.3 is 20.3 Å². The lowest BCUT2D eigenvalue weighted by Crippen LogP contribution is -2.53. The fourth-order valence-corrected chi connectivity index (χ4v) is 2.82. The molecule has 1 saturated heterocycles. The van der Waals surface area contributed by atoms with E-state index in [1.165, 1.54) is 5.69 Å². The number of anilines is 1. The number of carbonyl (C=O) groups excluding carboxylic acids is 1. The maximum absolute atomic E-state index is 12.3. The Morgan fingerprint density at radius 2 is 1.77 bits per heavy atom. The van der Waals surface area contributed by atoms with Crippen LogP contribution in [-0.4, -0.2) is 50.1 Å². The Morgan fingerprint density at radius 1 is 1.18 bits per heavy atom. The molecule has 1 heterocycles. The Hall–Kier alpha value is -1.75. The van der Waals surface area contributed by atoms with Crippen LogP contribution in [0.4, 0.5) is 5.69 Å². The third-order valence-electron chi connectivity index (χ3n) is 4.07. The van der Waals surface area contributed by atoms with E-state index in [9.17, 15) is 4.79 Å². The van der Waals surface area contributed by atoms with E-state index in [1.54, 1.807) is 7.11 Å². The van der Waals surface area contributed by atoms with Crippen molar-refractivity contribution in [2.45, 2.75) is 26.3 Å². The van der Waals surface area contributed by atoms with E-state index in [2.05, 4.69) is 30.9 Å². The average Bonchev–Trinajstić information content (AvgIpc) is 2.54. The number of ether oxygens (including phenoxy) is 1. The smallest absolute Gasteiger partial charge is 0.239 e. The van der Waals surface area contributed by atoms with Gasteiger partial charge in [0.2, 0.25) is 5.91 Å². The lowest BCUT2D eigenvalue weighted by Gasteiger charge is -2.37. The molecule has 1 atom stereocenters. The normalized spacial score (nSPS) is 16.8. The molecule has 5 heteroatoms. The summed E-state index contributed by atoms with van der Waals surface area (Å²) < 4.78 is 5.18. The fourth-order valence-electron chi connectivity index (χ4n) is 2.82. The van der Waals surface area contributed by atoms with E-state index in [4.69, 9.17) is 10.5 Å². The van der Waals surface area contributed by atoms with Gasteiger partial charge in [-0.1, -0.05) is 13.8 Å². The number of benzene rings is 1. The van der Waals surface area contributed by atoms with E-state index >= 15 is 0 Å². The highest BCUT2D eigenvalue weighted by molar-refractivity contribution is 5.82. The standard InChI is InChI=1S/C17H27N3O2/c1-13(2)12-16(18)17(21)20-10-8-19(9-11-20)14-4-6-15(22-3)7-5-14/h4-7,13,16H,8-12,18H2,1-3H3. The highest BCUT2D eigenvalue weighted by Crippen LogP contribution is 2.20. The van der Waals surface area contributed by atoms with Gasteiger partial charge in [0.05, 0.1) is 13.2 Å². The van der Waals surface area contributed by atoms with Crippen molar-refractivity contribution in [2.75, 3.05) is 38.2 Å². The number of amides is 1. The monoisotopic (exact) mass is 305 g/mol. The van der Waals surface area contributed by atoms with Gasteiger partial charge in [0.1, 0.15) is 5.75 Å². The van der Waals surface area contributed by atoms with Crippen molar-refractivity contribution in [1.82, 2.24) is 4.90 Å². The van der Waals surface area contributed by atoms with Crippen molar-refractivity contribution >= 4 is 11.6 Å². The van der Waals surface area contributed by atoms with Crippen molar-refractivity contribution in [1.29, 1.82) is 0 Å². The molecule has 1 unspecified atom stereocenters. The molecule has 1 aromatic rings. The summed E-state index contributed by atoms with van der Waals surface area (Å²) in [5.41, 5.74) is 7.17. The van der Waals surface area contributed by atoms with Gasteiger partial charge in [0.25, 0.3) is 0 Å². The number of piperazine rings is 1. The van der Waals surface area contributed by atoms with E-state index in [0.29, 0.717) is 5.92 Å². The van der Waals surface area contributed by atoms with Gasteiger partial charge in [-0.15, -0.1) is 0 Å². The van der Waals surface area contributed by atoms with Gasteiger partial charge in [-0.05, 0) is 36.6 Å². The van der Waals surface area contributed by atoms with Gasteiger partial charge in [0, 0.05) is 31.9 Å². The Bertz CT molecular complexity index is 479. The van der Waals surface area contributed by atoms with Crippen LogP contribution in [0.2, 0.25) is 0 Å². The Balaban J connectivity index is 1.88. The first-order valence-corrected chi connectivity index (χ1v) is 7.94. The van der Waals surface area contributed by atoms with Crippen molar-refractivity contribution in [3.8, 4) is 5.75 Å². The predicted octanol–water partition coefficient (Wildman–Crippen LogP) is 1.72. The molecule has 22 heavy (non-hydrogen) atoms. The van der Waals surface area contributed by atoms with Crippen molar-refractivity contribution in [2.24, 2.45) is 11.7 Å². The number of nitrogens with zero attached hydrogens (tertiary/aromatic N) is 2. The van der Waals surface area contributed by atoms with Crippen LogP contribution in [0.1, 0.15) is 20.3 Å². The first-order valence-electron chi connectivity index (χ1n) is 7.94. The van der Waals surface area contributed by atoms with Gasteiger partial charge in [-0.25, -0.2) is 0 Å². The molecule has 2 rings (SSSR count). The molecule has 122 valence electrons. The minimum absolute atomic E-state index is 0.0862. The molecule has 0 bridgehead atoms. The lowest BCUT2D eigenvalue weighted by atomic mass is 10.0. The zero-order valence-corrected chi connectivity index (χ0v) is 13.8. The Morgan fingerprint density at radius 3 is 2.27 bits per heavy atom. The summed E-state index contributed by atoms with van der Waals surface area (Å²) in [6.45, 7) is 7.33. The Kier molecular flexibility index (Phi) is 5.66. The van der Waals surface area contributed by atoms with Crippen LogP contribution in [-0.2, 0) is 4.79 Å². The highest BCUT2D eigenvalue weighted by Gasteiger charge is 2.25. The molecule has 0 saturated carbocycles. The Labute approximate surface area is 133 Å². The second kappa shape index (κ2) is 7.49. The average molecular weight is 305 g/mol. The quantitative estimate of drug-likeness (QED) is 0.900. The van der Waals surface area contributed by atoms with Crippen LogP contribution in [0, 0.1) is 5.92 Å². The summed E-state index contributed by atoms with van der Waals surface area (Å²) in [5.74, 6) is 1.39. The molecule has 1 aliphatic rings. The van der Waals surface area contributed by atoms with E-state index in [0.717, 1.165) is 38.3 Å². The number of rotatable bonds is 5. The second-order valence-electron chi connectivity index (χ2n) is 6.25. The van der Waals surface area contributed by atoms with Crippen LogP contribution < -0.4 is 15.4 Å². The number of methoxy groups -OCH3 is 1. The molecule has 0 spiro atoms. The van der Waals surface area contributed by atoms with Crippen LogP contribution in [0.5, 0.6) is 5.75 Å². The minimum Gasteiger partial charge on any atom is -0.497 e. The van der Waals surface area contributed by atoms with E-state index in [-0.39, 0.29) is 11.9 Å². The molecular formula is C17H27N3O2. The maximum atomic E-state index is 12.3. The maximum Gasteiger partial charge on any atom is 0.239 e. The summed E-state index contributed by atoms with van der Waals surface area (Å²) in [7, 11) is 1.67. The number of nitrogens with two attached hydrogens (primary N) is 1. The van der Waals surface area contributed by atoms with Gasteiger partial charge >= 0.3 is 0 Å². The SMILES string of the molecule is COc1ccc(N2CCN(C(=O)C(N)CC(C)C)CC2)cc1. The van der Waals surface area contributed by atoms with Crippen molar-refractivity contribution in [3.05, 3.63) is 24.3 Å². The molecule has 1 aromatic carbocycles.